The van der Waals surface area contributed by atoms with Crippen molar-refractivity contribution in [2.45, 2.75) is 24.9 Å². The molecule has 0 spiro atoms. The number of H-pyrrole nitrogens is 1. The molecule has 0 bridgehead atoms. The van der Waals surface area contributed by atoms with E-state index in [-0.39, 0.29) is 40.1 Å². The van der Waals surface area contributed by atoms with Crippen LogP contribution >= 0.6 is 23.5 Å². The van der Waals surface area contributed by atoms with Crippen LogP contribution in [0, 0.1) is 11.8 Å². The number of phenolic OH excluding ortho intramolecular Hbond substituents is 1. The second-order valence-electron chi connectivity index (χ2n) is 13.2. The average Bonchev–Trinajstić information content (AvgIpc) is 3.54. The summed E-state index contributed by atoms with van der Waals surface area (Å²) in [5.41, 5.74) is 0.617. The highest BCUT2D eigenvalue weighted by Crippen LogP contribution is 2.66. The van der Waals surface area contributed by atoms with Crippen LogP contribution in [0.2, 0.25) is 0 Å². The molecule has 1 aromatic heterocycles. The predicted octanol–water partition coefficient (Wildman–Crippen LogP) is 3.88. The Balaban J connectivity index is 1.09. The third-order valence-corrected chi connectivity index (χ3v) is 12.9. The smallest absolute Gasteiger partial charge is 0.490 e. The van der Waals surface area contributed by atoms with Crippen LogP contribution in [-0.4, -0.2) is 69.2 Å². The summed E-state index contributed by atoms with van der Waals surface area (Å²) in [5.74, 6) is 4.32. The molecule has 0 saturated carbocycles. The Bertz CT molecular complexity index is 3090. The van der Waals surface area contributed by atoms with Gasteiger partial charge in [0.2, 0.25) is 0 Å². The molecule has 1 saturated heterocycles. The first-order valence-electron chi connectivity index (χ1n) is 17.3. The molecule has 1 aliphatic carbocycles. The lowest BCUT2D eigenvalue weighted by molar-refractivity contribution is -0.0450. The zero-order valence-electron chi connectivity index (χ0n) is 30.5. The first-order valence-corrected chi connectivity index (χ1v) is 21.8. The third-order valence-electron chi connectivity index (χ3n) is 9.06. The summed E-state index contributed by atoms with van der Waals surface area (Å²) in [5, 5.41) is 31.4. The van der Waals surface area contributed by atoms with Gasteiger partial charge in [0.25, 0.3) is 5.56 Å². The van der Waals surface area contributed by atoms with E-state index in [0.717, 1.165) is 10.8 Å². The highest BCUT2D eigenvalue weighted by Gasteiger charge is 2.43. The number of aromatic amines is 1. The molecule has 3 aromatic carbocycles. The maximum Gasteiger partial charge on any atom is 0.490 e. The number of ether oxygens (including phenoxy) is 1. The van der Waals surface area contributed by atoms with Gasteiger partial charge in [-0.2, -0.15) is 8.62 Å². The van der Waals surface area contributed by atoms with Crippen LogP contribution in [-0.2, 0) is 31.6 Å². The van der Waals surface area contributed by atoms with Gasteiger partial charge in [0.1, 0.15) is 35.0 Å². The number of rotatable bonds is 11. The highest BCUT2D eigenvalue weighted by molar-refractivity contribution is 7.66. The molecule has 61 heavy (non-hydrogen) atoms. The fourth-order valence-corrected chi connectivity index (χ4v) is 9.48. The molecule has 3 aliphatic rings. The number of fused-ring (bicyclic) bond motifs is 2. The first kappa shape index (κ1) is 43.3. The van der Waals surface area contributed by atoms with Crippen LogP contribution in [0.1, 0.15) is 34.1 Å². The number of carboxylic acid groups (broad SMARTS) is 1. The number of aliphatic hydroxyl groups excluding tert-OH is 1. The van der Waals surface area contributed by atoms with Crippen LogP contribution < -0.4 is 16.7 Å². The molecule has 8 N–H and O–H groups in total. The van der Waals surface area contributed by atoms with Gasteiger partial charge in [0.05, 0.1) is 18.3 Å². The zero-order chi connectivity index (χ0) is 44.0. The summed E-state index contributed by atoms with van der Waals surface area (Å²) in [6, 6.07) is 19.9. The van der Waals surface area contributed by atoms with Crippen molar-refractivity contribution < 1.29 is 75.7 Å². The lowest BCUT2D eigenvalue weighted by Crippen LogP contribution is -2.33. The molecule has 2 aliphatic heterocycles. The van der Waals surface area contributed by atoms with Crippen molar-refractivity contribution >= 4 is 40.4 Å². The van der Waals surface area contributed by atoms with Gasteiger partial charge in [0, 0.05) is 46.8 Å². The monoisotopic (exact) mass is 898 g/mol. The molecule has 7 rings (SSSR count). The number of aromatic hydroxyl groups is 1. The SMILES string of the molecule is O=C(O)c1cc(-c2ccc(C#Cc3cn([C@H]4C[C@H](O)[C@@H](COP(=O)(O)OP(=O)(O)OP(=O)(O)O)O4)c(=O)[nH]c3=O)cc2)ccc1-c1c2ccc(=O)cc-2oc2cc(O)ccc12. The van der Waals surface area contributed by atoms with Gasteiger partial charge in [-0.25, -0.2) is 23.3 Å². The summed E-state index contributed by atoms with van der Waals surface area (Å²) in [6.07, 6.45) is -3.48. The first-order chi connectivity index (χ1) is 28.6. The molecule has 4 aromatic rings. The highest BCUT2D eigenvalue weighted by atomic mass is 31.3. The fraction of sp³-hybridized carbons (Fsp3) is 0.135. The van der Waals surface area contributed by atoms with Crippen LogP contribution in [0.3, 0.4) is 0 Å². The quantitative estimate of drug-likeness (QED) is 0.0519. The maximum atomic E-state index is 12.7. The van der Waals surface area contributed by atoms with Crippen LogP contribution in [0.15, 0.2) is 104 Å². The molecule has 0 radical (unpaired) electrons. The van der Waals surface area contributed by atoms with Gasteiger partial charge >= 0.3 is 35.1 Å². The van der Waals surface area contributed by atoms with Crippen molar-refractivity contribution in [2.24, 2.45) is 0 Å². The number of carbonyl (C=O) groups is 1. The summed E-state index contributed by atoms with van der Waals surface area (Å²) >= 11 is 0. The topological polar surface area (TPSA) is 332 Å². The summed E-state index contributed by atoms with van der Waals surface area (Å²) in [7, 11) is -17.0. The van der Waals surface area contributed by atoms with E-state index in [1.807, 2.05) is 0 Å². The standard InChI is InChI=1S/C37H29N2O19P3/c40-23-8-11-26-30(14-23)55-31-15-24(41)9-12-27(31)34(26)25-10-7-21(13-28(25)36(44)45)20-4-1-19(2-5-20)3-6-22-17-39(37(46)38-35(22)43)33-16-29(42)32(56-33)18-54-60(50,51)58-61(52,53)57-59(47,48)49/h1-2,4-5,7-15,17,29,32-33,40,42H,16,18H2,(H,44,45)(H,50,51)(H,52,53)(H,38,43,46)(H2,47,48,49)/t29-,32+,33+/m0/s1. The van der Waals surface area contributed by atoms with Crippen LogP contribution in [0.25, 0.3) is 44.5 Å². The summed E-state index contributed by atoms with van der Waals surface area (Å²) in [6.45, 7) is -0.988. The van der Waals surface area contributed by atoms with E-state index in [2.05, 4.69) is 30.0 Å². The van der Waals surface area contributed by atoms with Gasteiger partial charge in [0.15, 0.2) is 5.43 Å². The zero-order valence-corrected chi connectivity index (χ0v) is 33.2. The second kappa shape index (κ2) is 16.6. The van der Waals surface area contributed by atoms with Crippen LogP contribution in [0.5, 0.6) is 5.75 Å². The number of hydrogen-bond acceptors (Lipinski definition) is 14. The van der Waals surface area contributed by atoms with E-state index in [9.17, 15) is 58.0 Å². The number of phosphoric ester groups is 1. The van der Waals surface area contributed by atoms with Crippen molar-refractivity contribution in [2.75, 3.05) is 6.61 Å². The van der Waals surface area contributed by atoms with Gasteiger partial charge in [-0.3, -0.25) is 23.7 Å². The van der Waals surface area contributed by atoms with Gasteiger partial charge < -0.3 is 44.0 Å². The number of carboxylic acids is 1. The lowest BCUT2D eigenvalue weighted by Gasteiger charge is -2.19. The summed E-state index contributed by atoms with van der Waals surface area (Å²) in [4.78, 5) is 88.7. The maximum absolute atomic E-state index is 12.7. The summed E-state index contributed by atoms with van der Waals surface area (Å²) < 4.78 is 58.6. The second-order valence-corrected chi connectivity index (χ2v) is 17.7. The molecule has 316 valence electrons. The largest absolute Gasteiger partial charge is 0.508 e. The lowest BCUT2D eigenvalue weighted by atomic mass is 9.89. The van der Waals surface area contributed by atoms with Crippen LogP contribution in [0.4, 0.5) is 0 Å². The van der Waals surface area contributed by atoms with E-state index in [0.29, 0.717) is 38.8 Å². The molecule has 24 heteroatoms. The van der Waals surface area contributed by atoms with Gasteiger partial charge in [-0.15, -0.1) is 0 Å². The average molecular weight is 899 g/mol. The molecule has 5 atom stereocenters. The number of aromatic carboxylic acids is 1. The Kier molecular flexibility index (Phi) is 11.8. The molecule has 3 heterocycles. The number of phenols is 1. The van der Waals surface area contributed by atoms with Gasteiger partial charge in [-0.1, -0.05) is 36.1 Å². The molecular weight excluding hydrogens is 869 g/mol. The number of hydrogen-bond donors (Lipinski definition) is 8. The number of aliphatic hydroxyl groups is 1. The number of benzene rings is 4. The third kappa shape index (κ3) is 9.89. The Morgan fingerprint density at radius 3 is 2.26 bits per heavy atom. The van der Waals surface area contributed by atoms with E-state index >= 15 is 0 Å². The van der Waals surface area contributed by atoms with E-state index in [4.69, 9.17) is 18.9 Å². The minimum Gasteiger partial charge on any atom is -0.508 e. The normalized spacial score (nSPS) is 18.6. The van der Waals surface area contributed by atoms with E-state index < -0.39 is 65.7 Å². The minimum atomic E-state index is -5.80. The number of aromatic nitrogens is 2. The predicted molar refractivity (Wildman–Crippen MR) is 210 cm³/mol. The Hall–Kier alpha value is -5.81. The van der Waals surface area contributed by atoms with Crippen molar-refractivity contribution in [1.82, 2.24) is 9.55 Å². The Morgan fingerprint density at radius 1 is 0.852 bits per heavy atom. The molecule has 0 amide bonds. The number of nitrogens with zero attached hydrogens (tertiary/aromatic N) is 1. The molecule has 1 fully saturated rings. The van der Waals surface area contributed by atoms with Crippen molar-refractivity contribution in [3.8, 4) is 51.2 Å². The minimum absolute atomic E-state index is 0.0619. The van der Waals surface area contributed by atoms with Crippen molar-refractivity contribution in [3.05, 3.63) is 133 Å². The Labute approximate surface area is 340 Å². The number of nitrogens with one attached hydrogen (secondary N) is 1. The molecular formula is C37H29N2O19P3. The molecule has 2 unspecified atom stereocenters. The Morgan fingerprint density at radius 2 is 1.56 bits per heavy atom. The van der Waals surface area contributed by atoms with Crippen molar-refractivity contribution in [1.29, 1.82) is 0 Å². The number of phosphoric acid groups is 3. The molecule has 21 nitrogen and oxygen atoms in total. The van der Waals surface area contributed by atoms with E-state index in [1.54, 1.807) is 48.5 Å². The van der Waals surface area contributed by atoms with Gasteiger partial charge in [-0.05, 0) is 59.2 Å². The fourth-order valence-electron chi connectivity index (χ4n) is 6.45. The van der Waals surface area contributed by atoms with E-state index in [1.165, 1.54) is 30.3 Å². The van der Waals surface area contributed by atoms with Crippen molar-refractivity contribution in [3.63, 3.8) is 0 Å².